The van der Waals surface area contributed by atoms with Crippen LogP contribution in [0.1, 0.15) is 53.7 Å². The minimum Gasteiger partial charge on any atom is -0.489 e. The number of halogens is 3. The molecule has 2 fully saturated rings. The van der Waals surface area contributed by atoms with E-state index in [0.717, 1.165) is 17.7 Å². The highest BCUT2D eigenvalue weighted by molar-refractivity contribution is 5.94. The van der Waals surface area contributed by atoms with Gasteiger partial charge in [0.2, 0.25) is 5.91 Å². The van der Waals surface area contributed by atoms with Crippen molar-refractivity contribution in [2.75, 3.05) is 33.4 Å². The molecule has 0 aromatic heterocycles. The van der Waals surface area contributed by atoms with Gasteiger partial charge in [-0.25, -0.2) is 0 Å². The summed E-state index contributed by atoms with van der Waals surface area (Å²) >= 11 is 0. The fourth-order valence-corrected chi connectivity index (χ4v) is 5.03. The van der Waals surface area contributed by atoms with Gasteiger partial charge in [-0.2, -0.15) is 13.2 Å². The Morgan fingerprint density at radius 1 is 1.14 bits per heavy atom. The Labute approximate surface area is 214 Å². The average Bonchev–Trinajstić information content (AvgIpc) is 3.37. The van der Waals surface area contributed by atoms with Crippen LogP contribution in [-0.4, -0.2) is 61.7 Å². The second-order valence-corrected chi connectivity index (χ2v) is 9.54. The molecule has 37 heavy (non-hydrogen) atoms. The van der Waals surface area contributed by atoms with E-state index in [1.807, 2.05) is 19.1 Å². The van der Waals surface area contributed by atoms with Crippen LogP contribution in [0, 0.1) is 0 Å². The summed E-state index contributed by atoms with van der Waals surface area (Å²) in [4.78, 5) is 27.6. The van der Waals surface area contributed by atoms with Crippen LogP contribution >= 0.6 is 0 Å². The standard InChI is InChI=1S/C27H32F3N3O4/c1-18(19-6-8-20(9-7-19)24(34)31-2)32-25(35)26(11-14-36-15-12-26)33-13-10-23(17-33)37-22-5-3-4-21(16-22)27(28,29)30/h3-9,16,18,23H,10-15,17H2,1-2H3,(H,31,34)(H,32,35)/t18-,23+/m0/s1. The molecule has 2 N–H and O–H groups in total. The van der Waals surface area contributed by atoms with Crippen molar-refractivity contribution in [3.8, 4) is 5.75 Å². The topological polar surface area (TPSA) is 79.9 Å². The Balaban J connectivity index is 1.44. The highest BCUT2D eigenvalue weighted by Crippen LogP contribution is 2.35. The molecule has 2 heterocycles. The first kappa shape index (κ1) is 26.9. The third kappa shape index (κ3) is 6.07. The van der Waals surface area contributed by atoms with Gasteiger partial charge in [-0.1, -0.05) is 18.2 Å². The molecule has 2 amide bonds. The summed E-state index contributed by atoms with van der Waals surface area (Å²) in [5.41, 5.74) is -0.136. The average molecular weight is 520 g/mol. The van der Waals surface area contributed by atoms with Gasteiger partial charge in [0, 0.05) is 38.9 Å². The number of nitrogens with zero attached hydrogens (tertiary/aromatic N) is 1. The van der Waals surface area contributed by atoms with Crippen molar-refractivity contribution in [3.63, 3.8) is 0 Å². The number of likely N-dealkylation sites (tertiary alicyclic amines) is 1. The molecular formula is C27H32F3N3O4. The van der Waals surface area contributed by atoms with Gasteiger partial charge in [0.15, 0.2) is 0 Å². The molecule has 2 atom stereocenters. The van der Waals surface area contributed by atoms with Crippen LogP contribution in [-0.2, 0) is 15.7 Å². The number of hydrogen-bond donors (Lipinski definition) is 2. The lowest BCUT2D eigenvalue weighted by Gasteiger charge is -2.43. The molecule has 0 bridgehead atoms. The van der Waals surface area contributed by atoms with Crippen molar-refractivity contribution in [3.05, 3.63) is 65.2 Å². The largest absolute Gasteiger partial charge is 0.489 e. The number of rotatable bonds is 7. The van der Waals surface area contributed by atoms with Crippen LogP contribution in [0.15, 0.2) is 48.5 Å². The Kier molecular flexibility index (Phi) is 8.08. The molecule has 0 radical (unpaired) electrons. The normalized spacial score (nSPS) is 20.7. The highest BCUT2D eigenvalue weighted by atomic mass is 19.4. The van der Waals surface area contributed by atoms with E-state index in [-0.39, 0.29) is 29.7 Å². The van der Waals surface area contributed by atoms with E-state index < -0.39 is 17.3 Å². The molecule has 2 aliphatic rings. The van der Waals surface area contributed by atoms with E-state index in [4.69, 9.17) is 9.47 Å². The number of hydrogen-bond acceptors (Lipinski definition) is 5. The Morgan fingerprint density at radius 2 is 1.84 bits per heavy atom. The Bertz CT molecular complexity index is 1100. The molecular weight excluding hydrogens is 487 g/mol. The summed E-state index contributed by atoms with van der Waals surface area (Å²) < 4.78 is 50.7. The molecule has 2 saturated heterocycles. The number of carbonyl (C=O) groups is 2. The van der Waals surface area contributed by atoms with Crippen molar-refractivity contribution < 1.29 is 32.2 Å². The van der Waals surface area contributed by atoms with Gasteiger partial charge in [0.05, 0.1) is 11.6 Å². The highest BCUT2D eigenvalue weighted by Gasteiger charge is 2.48. The zero-order valence-corrected chi connectivity index (χ0v) is 20.9. The van der Waals surface area contributed by atoms with Crippen LogP contribution in [0.2, 0.25) is 0 Å². The minimum absolute atomic E-state index is 0.113. The van der Waals surface area contributed by atoms with Gasteiger partial charge in [0.1, 0.15) is 17.4 Å². The summed E-state index contributed by atoms with van der Waals surface area (Å²) in [6.45, 7) is 3.80. The lowest BCUT2D eigenvalue weighted by Crippen LogP contribution is -2.61. The molecule has 7 nitrogen and oxygen atoms in total. The van der Waals surface area contributed by atoms with Crippen LogP contribution in [0.3, 0.4) is 0 Å². The monoisotopic (exact) mass is 519 g/mol. The summed E-state index contributed by atoms with van der Waals surface area (Å²) in [6, 6.07) is 11.7. The van der Waals surface area contributed by atoms with Crippen LogP contribution < -0.4 is 15.4 Å². The maximum Gasteiger partial charge on any atom is 0.416 e. The molecule has 2 aliphatic heterocycles. The second-order valence-electron chi connectivity index (χ2n) is 9.54. The van der Waals surface area contributed by atoms with Gasteiger partial charge in [0.25, 0.3) is 5.91 Å². The van der Waals surface area contributed by atoms with E-state index in [1.165, 1.54) is 12.1 Å². The Hall–Kier alpha value is -3.11. The van der Waals surface area contributed by atoms with E-state index in [1.54, 1.807) is 19.2 Å². The molecule has 0 aliphatic carbocycles. The molecule has 2 aromatic rings. The quantitative estimate of drug-likeness (QED) is 0.579. The van der Waals surface area contributed by atoms with Gasteiger partial charge in [-0.05, 0) is 62.1 Å². The molecule has 0 spiro atoms. The van der Waals surface area contributed by atoms with Gasteiger partial charge < -0.3 is 20.1 Å². The smallest absolute Gasteiger partial charge is 0.416 e. The number of benzene rings is 2. The first-order valence-electron chi connectivity index (χ1n) is 12.4. The maximum absolute atomic E-state index is 13.7. The van der Waals surface area contributed by atoms with E-state index in [9.17, 15) is 22.8 Å². The zero-order valence-electron chi connectivity index (χ0n) is 20.9. The summed E-state index contributed by atoms with van der Waals surface area (Å²) in [5, 5.41) is 5.72. The summed E-state index contributed by atoms with van der Waals surface area (Å²) in [5.74, 6) is -0.125. The SMILES string of the molecule is CNC(=O)c1ccc([C@H](C)NC(=O)C2(N3CC[C@@H](Oc4cccc(C(F)(F)F)c4)C3)CCOCC2)cc1. The minimum atomic E-state index is -4.44. The molecule has 4 rings (SSSR count). The first-order chi connectivity index (χ1) is 17.6. The third-order valence-corrected chi connectivity index (χ3v) is 7.20. The number of ether oxygens (including phenoxy) is 2. The fraction of sp³-hybridized carbons (Fsp3) is 0.481. The predicted molar refractivity (Wildman–Crippen MR) is 131 cm³/mol. The number of nitrogens with one attached hydrogen (secondary N) is 2. The first-order valence-corrected chi connectivity index (χ1v) is 12.4. The van der Waals surface area contributed by atoms with Crippen LogP contribution in [0.25, 0.3) is 0 Å². The van der Waals surface area contributed by atoms with Crippen molar-refractivity contribution in [1.82, 2.24) is 15.5 Å². The van der Waals surface area contributed by atoms with Crippen molar-refractivity contribution in [2.24, 2.45) is 0 Å². The molecule has 2 aromatic carbocycles. The maximum atomic E-state index is 13.7. The number of alkyl halides is 3. The summed E-state index contributed by atoms with van der Waals surface area (Å²) in [7, 11) is 1.57. The lowest BCUT2D eigenvalue weighted by atomic mass is 9.86. The molecule has 0 unspecified atom stereocenters. The number of amides is 2. The zero-order chi connectivity index (χ0) is 26.6. The molecule has 10 heteroatoms. The Morgan fingerprint density at radius 3 is 2.49 bits per heavy atom. The van der Waals surface area contributed by atoms with Crippen molar-refractivity contribution >= 4 is 11.8 Å². The van der Waals surface area contributed by atoms with Crippen LogP contribution in [0.5, 0.6) is 5.75 Å². The molecule has 0 saturated carbocycles. The van der Waals surface area contributed by atoms with Crippen molar-refractivity contribution in [2.45, 2.75) is 50.0 Å². The second kappa shape index (κ2) is 11.1. The van der Waals surface area contributed by atoms with Crippen LogP contribution in [0.4, 0.5) is 13.2 Å². The van der Waals surface area contributed by atoms with Crippen molar-refractivity contribution in [1.29, 1.82) is 0 Å². The van der Waals surface area contributed by atoms with Gasteiger partial charge >= 0.3 is 6.18 Å². The van der Waals surface area contributed by atoms with Gasteiger partial charge in [-0.3, -0.25) is 14.5 Å². The number of carbonyl (C=O) groups excluding carboxylic acids is 2. The third-order valence-electron chi connectivity index (χ3n) is 7.20. The fourth-order valence-electron chi connectivity index (χ4n) is 5.03. The van der Waals surface area contributed by atoms with Gasteiger partial charge in [-0.15, -0.1) is 0 Å². The van der Waals surface area contributed by atoms with E-state index >= 15 is 0 Å². The molecule has 200 valence electrons. The summed E-state index contributed by atoms with van der Waals surface area (Å²) in [6.07, 6.45) is -3.15. The van der Waals surface area contributed by atoms with E-state index in [0.29, 0.717) is 51.1 Å². The van der Waals surface area contributed by atoms with E-state index in [2.05, 4.69) is 15.5 Å². The lowest BCUT2D eigenvalue weighted by molar-refractivity contribution is -0.141. The predicted octanol–water partition coefficient (Wildman–Crippen LogP) is 3.94.